The van der Waals surface area contributed by atoms with Crippen molar-refractivity contribution in [3.05, 3.63) is 0 Å². The molecular weight excluding hydrogens is 356 g/mol. The van der Waals surface area contributed by atoms with Crippen LogP contribution in [0.25, 0.3) is 0 Å². The highest BCUT2D eigenvalue weighted by molar-refractivity contribution is 7.52. The van der Waals surface area contributed by atoms with Crippen LogP contribution < -0.4 is 17.2 Å². The molecule has 0 aromatic heterocycles. The molecule has 0 aliphatic carbocycles. The third-order valence-corrected chi connectivity index (χ3v) is 4.03. The van der Waals surface area contributed by atoms with E-state index in [9.17, 15) is 19.0 Å². The van der Waals surface area contributed by atoms with Gasteiger partial charge in [-0.1, -0.05) is 0 Å². The minimum Gasteiger partial charge on any atom is -0.370 e. The number of primary amides is 1. The van der Waals surface area contributed by atoms with Gasteiger partial charge in [0.2, 0.25) is 0 Å². The summed E-state index contributed by atoms with van der Waals surface area (Å²) >= 11 is 0. The van der Waals surface area contributed by atoms with E-state index in [2.05, 4.69) is 4.99 Å². The van der Waals surface area contributed by atoms with Gasteiger partial charge in [-0.3, -0.25) is 18.9 Å². The third kappa shape index (κ3) is 8.98. The maximum atomic E-state index is 11.5. The second kappa shape index (κ2) is 8.18. The zero-order chi connectivity index (χ0) is 18.5. The molecule has 0 aliphatic heterocycles. The number of hydrogen-bond acceptors (Lipinski definition) is 6. The van der Waals surface area contributed by atoms with Crippen molar-refractivity contribution in [1.82, 2.24) is 4.90 Å². The van der Waals surface area contributed by atoms with Crippen molar-refractivity contribution >= 4 is 27.1 Å². The van der Waals surface area contributed by atoms with Crippen molar-refractivity contribution in [2.45, 2.75) is 18.6 Å². The minimum absolute atomic E-state index is 0.0441. The quantitative estimate of drug-likeness (QED) is 0.0618. The average Bonchev–Trinajstić information content (AvgIpc) is 2.29. The molecule has 23 heavy (non-hydrogen) atoms. The van der Waals surface area contributed by atoms with Crippen LogP contribution in [0.15, 0.2) is 4.99 Å². The number of aliphatic hydroxyl groups is 1. The normalized spacial score (nSPS) is 15.2. The Hall–Kier alpha value is -1.04. The molecule has 13 nitrogen and oxygen atoms in total. The summed E-state index contributed by atoms with van der Waals surface area (Å²) in [5.74, 6) is -1.68. The van der Waals surface area contributed by atoms with E-state index in [0.717, 1.165) is 0 Å². The number of carbonyl (C=O) groups is 1. The van der Waals surface area contributed by atoms with Gasteiger partial charge >= 0.3 is 15.2 Å². The van der Waals surface area contributed by atoms with Crippen LogP contribution in [0, 0.1) is 0 Å². The predicted octanol–water partition coefficient (Wildman–Crippen LogP) is -3.21. The van der Waals surface area contributed by atoms with Gasteiger partial charge in [-0.15, -0.1) is 0 Å². The standard InChI is InChI=1S/C8H21N5O8P2/c9-6(14)8(15,2-1-3-12-7(10)11)13(4-22(16,17)18)5-23(19,20)21/h15H,1-5H2,(H2,9,14)(H4,10,11,12)(H2,16,17,18)(H2,19,20,21)/t8-/m1/s1. The number of nitrogens with two attached hydrogens (primary N) is 3. The molecule has 0 aromatic rings. The van der Waals surface area contributed by atoms with Gasteiger partial charge < -0.3 is 41.9 Å². The van der Waals surface area contributed by atoms with Crippen LogP contribution in [0.5, 0.6) is 0 Å². The van der Waals surface area contributed by atoms with Gasteiger partial charge in [0, 0.05) is 13.0 Å². The fourth-order valence-electron chi connectivity index (χ4n) is 1.69. The number of amides is 1. The first-order valence-corrected chi connectivity index (χ1v) is 9.69. The van der Waals surface area contributed by atoms with E-state index in [-0.39, 0.29) is 23.8 Å². The molecule has 0 spiro atoms. The molecule has 0 bridgehead atoms. The van der Waals surface area contributed by atoms with Crippen molar-refractivity contribution in [2.24, 2.45) is 22.2 Å². The second-order valence-corrected chi connectivity index (χ2v) is 7.97. The van der Waals surface area contributed by atoms with Crippen molar-refractivity contribution in [3.8, 4) is 0 Å². The second-order valence-electron chi connectivity index (χ2n) is 4.74. The maximum Gasteiger partial charge on any atom is 0.339 e. The van der Waals surface area contributed by atoms with Crippen LogP contribution >= 0.6 is 15.2 Å². The molecule has 0 heterocycles. The van der Waals surface area contributed by atoms with Crippen molar-refractivity contribution in [2.75, 3.05) is 19.1 Å². The van der Waals surface area contributed by atoms with Crippen LogP contribution in [0.2, 0.25) is 0 Å². The molecule has 0 unspecified atom stereocenters. The zero-order valence-electron chi connectivity index (χ0n) is 12.0. The molecular formula is C8H21N5O8P2. The van der Waals surface area contributed by atoms with E-state index < -0.39 is 45.8 Å². The van der Waals surface area contributed by atoms with Gasteiger partial charge in [-0.2, -0.15) is 0 Å². The Labute approximate surface area is 131 Å². The van der Waals surface area contributed by atoms with Crippen LogP contribution in [0.3, 0.4) is 0 Å². The van der Waals surface area contributed by atoms with Crippen molar-refractivity contribution in [1.29, 1.82) is 0 Å². The van der Waals surface area contributed by atoms with Gasteiger partial charge in [0.15, 0.2) is 11.7 Å². The first kappa shape index (κ1) is 22.0. The number of nitrogens with zero attached hydrogens (tertiary/aromatic N) is 2. The van der Waals surface area contributed by atoms with Gasteiger partial charge in [-0.25, -0.2) is 4.90 Å². The highest BCUT2D eigenvalue weighted by atomic mass is 31.2. The SMILES string of the molecule is NC(=O)[C@](O)(CCCN=C(N)N)N(CP(=O)(O)O)CP(=O)(O)O. The first-order valence-electron chi connectivity index (χ1n) is 6.09. The van der Waals surface area contributed by atoms with E-state index in [1.54, 1.807) is 0 Å². The summed E-state index contributed by atoms with van der Waals surface area (Å²) in [5, 5.41) is 10.3. The average molecular weight is 377 g/mol. The molecule has 0 aliphatic rings. The lowest BCUT2D eigenvalue weighted by Gasteiger charge is -2.37. The summed E-state index contributed by atoms with van der Waals surface area (Å²) < 4.78 is 22.2. The third-order valence-electron chi connectivity index (χ3n) is 2.61. The molecule has 11 N–H and O–H groups in total. The Kier molecular flexibility index (Phi) is 7.81. The van der Waals surface area contributed by atoms with E-state index in [1.807, 2.05) is 0 Å². The van der Waals surface area contributed by atoms with Crippen molar-refractivity contribution in [3.63, 3.8) is 0 Å². The Morgan fingerprint density at radius 3 is 1.78 bits per heavy atom. The number of carbonyl (C=O) groups excluding carboxylic acids is 1. The molecule has 0 fully saturated rings. The predicted molar refractivity (Wildman–Crippen MR) is 79.7 cm³/mol. The monoisotopic (exact) mass is 377 g/mol. The number of rotatable bonds is 10. The van der Waals surface area contributed by atoms with Gasteiger partial charge in [-0.05, 0) is 6.42 Å². The topological polar surface area (TPSA) is 246 Å². The molecule has 1 amide bonds. The highest BCUT2D eigenvalue weighted by Gasteiger charge is 2.45. The maximum absolute atomic E-state index is 11.5. The lowest BCUT2D eigenvalue weighted by molar-refractivity contribution is -0.158. The number of aliphatic imine (C=N–C) groups is 1. The smallest absolute Gasteiger partial charge is 0.339 e. The Balaban J connectivity index is 5.40. The zero-order valence-corrected chi connectivity index (χ0v) is 13.8. The molecule has 136 valence electrons. The molecule has 0 radical (unpaired) electrons. The number of guanidine groups is 1. The molecule has 0 saturated carbocycles. The first-order chi connectivity index (χ1) is 10.2. The van der Waals surface area contributed by atoms with E-state index in [0.29, 0.717) is 0 Å². The number of hydrogen-bond donors (Lipinski definition) is 8. The summed E-state index contributed by atoms with van der Waals surface area (Å²) in [6.45, 7) is -0.0441. The molecule has 0 saturated heterocycles. The lowest BCUT2D eigenvalue weighted by Crippen LogP contribution is -2.58. The van der Waals surface area contributed by atoms with Crippen molar-refractivity contribution < 1.29 is 38.6 Å². The molecule has 1 atom stereocenters. The van der Waals surface area contributed by atoms with Crippen LogP contribution in [-0.2, 0) is 13.9 Å². The summed E-state index contributed by atoms with van der Waals surface area (Å²) in [5.41, 5.74) is 12.5. The Morgan fingerprint density at radius 1 is 1.04 bits per heavy atom. The fourth-order valence-corrected chi connectivity index (χ4v) is 3.41. The minimum atomic E-state index is -4.85. The molecule has 0 aromatic carbocycles. The molecule has 0 rings (SSSR count). The van der Waals surface area contributed by atoms with Gasteiger partial charge in [0.25, 0.3) is 5.91 Å². The molecule has 15 heteroatoms. The summed E-state index contributed by atoms with van der Waals surface area (Å²) in [6, 6.07) is 0. The van der Waals surface area contributed by atoms with Gasteiger partial charge in [0.1, 0.15) is 12.6 Å². The Morgan fingerprint density at radius 2 is 1.48 bits per heavy atom. The fraction of sp³-hybridized carbons (Fsp3) is 0.750. The van der Waals surface area contributed by atoms with Crippen LogP contribution in [0.4, 0.5) is 0 Å². The largest absolute Gasteiger partial charge is 0.370 e. The van der Waals surface area contributed by atoms with Gasteiger partial charge in [0.05, 0.1) is 0 Å². The van der Waals surface area contributed by atoms with Crippen LogP contribution in [0.1, 0.15) is 12.8 Å². The lowest BCUT2D eigenvalue weighted by atomic mass is 10.1. The van der Waals surface area contributed by atoms with E-state index in [1.165, 1.54) is 0 Å². The highest BCUT2D eigenvalue weighted by Crippen LogP contribution is 2.43. The summed E-state index contributed by atoms with van der Waals surface area (Å²) in [4.78, 5) is 51.2. The summed E-state index contributed by atoms with van der Waals surface area (Å²) in [7, 11) is -9.70. The summed E-state index contributed by atoms with van der Waals surface area (Å²) in [6.07, 6.45) is -3.10. The van der Waals surface area contributed by atoms with E-state index >= 15 is 0 Å². The Bertz CT molecular complexity index is 517. The van der Waals surface area contributed by atoms with E-state index in [4.69, 9.17) is 36.8 Å². The van der Waals surface area contributed by atoms with Crippen LogP contribution in [-0.4, -0.2) is 66.3 Å².